The van der Waals surface area contributed by atoms with Crippen LogP contribution in [0.15, 0.2) is 65.6 Å². The van der Waals surface area contributed by atoms with E-state index < -0.39 is 0 Å². The van der Waals surface area contributed by atoms with Gasteiger partial charge < -0.3 is 19.4 Å². The zero-order valence-electron chi connectivity index (χ0n) is 20.5. The largest absolute Gasteiger partial charge is 0.352 e. The maximum atomic E-state index is 13.2. The highest BCUT2D eigenvalue weighted by molar-refractivity contribution is 6.17. The number of para-hydroxylation sites is 1. The van der Waals surface area contributed by atoms with Gasteiger partial charge in [0.1, 0.15) is 5.52 Å². The summed E-state index contributed by atoms with van der Waals surface area (Å²) in [5, 5.41) is 4.76. The zero-order valence-corrected chi connectivity index (χ0v) is 20.5. The summed E-state index contributed by atoms with van der Waals surface area (Å²) in [6.07, 6.45) is 2.56. The Morgan fingerprint density at radius 2 is 1.60 bits per heavy atom. The summed E-state index contributed by atoms with van der Waals surface area (Å²) >= 11 is 0. The van der Waals surface area contributed by atoms with E-state index in [0.29, 0.717) is 17.6 Å². The SMILES string of the molecule is Cn1cc(C(=O)NCCCN2CCN(Cc3ccccc3)CC2)c2c3ccccc3n(C)c2c1=O. The molecular weight excluding hydrogens is 438 g/mol. The van der Waals surface area contributed by atoms with E-state index >= 15 is 0 Å². The number of hydrogen-bond donors (Lipinski definition) is 1. The lowest BCUT2D eigenvalue weighted by Crippen LogP contribution is -2.46. The van der Waals surface area contributed by atoms with Gasteiger partial charge in [0.15, 0.2) is 0 Å². The highest BCUT2D eigenvalue weighted by Gasteiger charge is 2.21. The van der Waals surface area contributed by atoms with Crippen LogP contribution < -0.4 is 10.9 Å². The Kier molecular flexibility index (Phi) is 6.70. The molecule has 2 aromatic heterocycles. The molecule has 1 aliphatic rings. The van der Waals surface area contributed by atoms with E-state index in [1.165, 1.54) is 10.1 Å². The fraction of sp³-hybridized carbons (Fsp3) is 0.357. The predicted molar refractivity (Wildman–Crippen MR) is 141 cm³/mol. The van der Waals surface area contributed by atoms with Crippen molar-refractivity contribution in [3.63, 3.8) is 0 Å². The minimum Gasteiger partial charge on any atom is -0.352 e. The molecule has 7 nitrogen and oxygen atoms in total. The molecule has 1 N–H and O–H groups in total. The molecule has 0 saturated carbocycles. The Morgan fingerprint density at radius 1 is 0.914 bits per heavy atom. The Bertz CT molecular complexity index is 1400. The van der Waals surface area contributed by atoms with E-state index in [0.717, 1.165) is 62.0 Å². The summed E-state index contributed by atoms with van der Waals surface area (Å²) in [7, 11) is 3.58. The number of fused-ring (bicyclic) bond motifs is 3. The molecule has 182 valence electrons. The first-order valence-corrected chi connectivity index (χ1v) is 12.4. The molecule has 0 spiro atoms. The molecule has 0 bridgehead atoms. The maximum absolute atomic E-state index is 13.2. The Labute approximate surface area is 205 Å². The summed E-state index contributed by atoms with van der Waals surface area (Å²) in [4.78, 5) is 31.0. The van der Waals surface area contributed by atoms with Gasteiger partial charge in [0, 0.05) is 75.8 Å². The fourth-order valence-electron chi connectivity index (χ4n) is 5.18. The molecule has 7 heteroatoms. The van der Waals surface area contributed by atoms with Gasteiger partial charge in [0.25, 0.3) is 11.5 Å². The first-order chi connectivity index (χ1) is 17.0. The minimum atomic E-state index is -0.130. The molecule has 5 rings (SSSR count). The normalized spacial score (nSPS) is 15.1. The van der Waals surface area contributed by atoms with Crippen molar-refractivity contribution in [2.75, 3.05) is 39.3 Å². The van der Waals surface area contributed by atoms with Crippen molar-refractivity contribution < 1.29 is 4.79 Å². The Balaban J connectivity index is 1.18. The van der Waals surface area contributed by atoms with Gasteiger partial charge in [-0.2, -0.15) is 0 Å². The van der Waals surface area contributed by atoms with Gasteiger partial charge in [0.2, 0.25) is 0 Å². The van der Waals surface area contributed by atoms with E-state index in [9.17, 15) is 9.59 Å². The molecule has 0 radical (unpaired) electrons. The van der Waals surface area contributed by atoms with Crippen molar-refractivity contribution in [2.24, 2.45) is 14.1 Å². The standard InChI is InChI=1S/C28H33N5O2/c1-30-20-23(25-22-11-6-7-12-24(22)31(2)26(25)28(30)35)27(34)29-13-8-14-32-15-17-33(18-16-32)19-21-9-4-3-5-10-21/h3-7,9-12,20H,8,13-19H2,1-2H3,(H,29,34). The van der Waals surface area contributed by atoms with Crippen molar-refractivity contribution in [3.8, 4) is 0 Å². The molecule has 1 fully saturated rings. The van der Waals surface area contributed by atoms with Crippen LogP contribution >= 0.6 is 0 Å². The molecule has 0 atom stereocenters. The van der Waals surface area contributed by atoms with Crippen molar-refractivity contribution in [1.82, 2.24) is 24.3 Å². The number of amides is 1. The lowest BCUT2D eigenvalue weighted by atomic mass is 10.1. The van der Waals surface area contributed by atoms with E-state index in [1.54, 1.807) is 13.2 Å². The fourth-order valence-corrected chi connectivity index (χ4v) is 5.18. The van der Waals surface area contributed by atoms with Crippen molar-refractivity contribution in [3.05, 3.63) is 82.3 Å². The average molecular weight is 472 g/mol. The second-order valence-electron chi connectivity index (χ2n) is 9.47. The van der Waals surface area contributed by atoms with Crippen LogP contribution in [0.5, 0.6) is 0 Å². The van der Waals surface area contributed by atoms with Crippen LogP contribution in [0.4, 0.5) is 0 Å². The lowest BCUT2D eigenvalue weighted by molar-refractivity contribution is 0.0948. The van der Waals surface area contributed by atoms with Crippen LogP contribution in [-0.2, 0) is 20.6 Å². The summed E-state index contributed by atoms with van der Waals surface area (Å²) in [5.41, 5.74) is 3.33. The third kappa shape index (κ3) is 4.74. The van der Waals surface area contributed by atoms with Gasteiger partial charge in [-0.1, -0.05) is 48.5 Å². The van der Waals surface area contributed by atoms with Gasteiger partial charge in [-0.15, -0.1) is 0 Å². The first-order valence-electron chi connectivity index (χ1n) is 12.4. The number of rotatable bonds is 7. The number of pyridine rings is 1. The highest BCUT2D eigenvalue weighted by atomic mass is 16.2. The van der Waals surface area contributed by atoms with Crippen LogP contribution in [0.3, 0.4) is 0 Å². The van der Waals surface area contributed by atoms with E-state index in [1.807, 2.05) is 35.9 Å². The van der Waals surface area contributed by atoms with Crippen molar-refractivity contribution in [1.29, 1.82) is 0 Å². The second kappa shape index (κ2) is 10.1. The van der Waals surface area contributed by atoms with Gasteiger partial charge in [0.05, 0.1) is 5.56 Å². The van der Waals surface area contributed by atoms with Gasteiger partial charge in [-0.05, 0) is 24.6 Å². The van der Waals surface area contributed by atoms with Gasteiger partial charge in [-0.3, -0.25) is 14.5 Å². The molecule has 1 aliphatic heterocycles. The van der Waals surface area contributed by atoms with Crippen LogP contribution in [0.2, 0.25) is 0 Å². The molecule has 1 amide bonds. The predicted octanol–water partition coefficient (Wildman–Crippen LogP) is 2.97. The average Bonchev–Trinajstić information content (AvgIpc) is 3.18. The second-order valence-corrected chi connectivity index (χ2v) is 9.47. The van der Waals surface area contributed by atoms with E-state index in [-0.39, 0.29) is 11.5 Å². The number of carbonyl (C=O) groups excluding carboxylic acids is 1. The molecule has 35 heavy (non-hydrogen) atoms. The number of hydrogen-bond acceptors (Lipinski definition) is 4. The number of benzene rings is 2. The maximum Gasteiger partial charge on any atom is 0.274 e. The van der Waals surface area contributed by atoms with Crippen molar-refractivity contribution >= 4 is 27.7 Å². The monoisotopic (exact) mass is 471 g/mol. The molecule has 1 saturated heterocycles. The number of carbonyl (C=O) groups is 1. The van der Waals surface area contributed by atoms with Gasteiger partial charge in [-0.25, -0.2) is 0 Å². The number of aryl methyl sites for hydroxylation is 2. The van der Waals surface area contributed by atoms with E-state index in [4.69, 9.17) is 0 Å². The summed E-state index contributed by atoms with van der Waals surface area (Å²) in [5.74, 6) is -0.130. The number of nitrogens with zero attached hydrogens (tertiary/aromatic N) is 4. The first kappa shape index (κ1) is 23.3. The summed E-state index contributed by atoms with van der Waals surface area (Å²) in [6, 6.07) is 18.5. The Hall–Kier alpha value is -3.42. The molecule has 0 unspecified atom stereocenters. The molecule has 4 aromatic rings. The van der Waals surface area contributed by atoms with Crippen LogP contribution in [0, 0.1) is 0 Å². The topological polar surface area (TPSA) is 62.5 Å². The van der Waals surface area contributed by atoms with Crippen LogP contribution in [-0.4, -0.2) is 64.1 Å². The van der Waals surface area contributed by atoms with Crippen molar-refractivity contribution in [2.45, 2.75) is 13.0 Å². The molecular formula is C28H33N5O2. The number of aromatic nitrogens is 2. The molecule has 3 heterocycles. The Morgan fingerprint density at radius 3 is 2.37 bits per heavy atom. The lowest BCUT2D eigenvalue weighted by Gasteiger charge is -2.34. The minimum absolute atomic E-state index is 0.0957. The number of piperazine rings is 1. The smallest absolute Gasteiger partial charge is 0.274 e. The quantitative estimate of drug-likeness (QED) is 0.421. The van der Waals surface area contributed by atoms with Crippen LogP contribution in [0.25, 0.3) is 21.8 Å². The third-order valence-corrected chi connectivity index (χ3v) is 7.12. The molecule has 2 aromatic carbocycles. The summed E-state index contributed by atoms with van der Waals surface area (Å²) < 4.78 is 3.40. The number of nitrogens with one attached hydrogen (secondary N) is 1. The summed E-state index contributed by atoms with van der Waals surface area (Å²) in [6.45, 7) is 6.83. The van der Waals surface area contributed by atoms with Gasteiger partial charge >= 0.3 is 0 Å². The van der Waals surface area contributed by atoms with Crippen LogP contribution in [0.1, 0.15) is 22.3 Å². The zero-order chi connectivity index (χ0) is 24.4. The third-order valence-electron chi connectivity index (χ3n) is 7.12. The van der Waals surface area contributed by atoms with E-state index in [2.05, 4.69) is 45.4 Å². The molecule has 0 aliphatic carbocycles. The highest BCUT2D eigenvalue weighted by Crippen LogP contribution is 2.28.